The number of H-pyrrole nitrogens is 1. The zero-order valence-corrected chi connectivity index (χ0v) is 51.9. The van der Waals surface area contributed by atoms with Crippen LogP contribution in [-0.4, -0.2) is 166 Å². The number of hydrogen-bond donors (Lipinski definition) is 7. The number of aromatic hydroxyl groups is 3. The van der Waals surface area contributed by atoms with Crippen molar-refractivity contribution in [2.75, 3.05) is 55.5 Å². The summed E-state index contributed by atoms with van der Waals surface area (Å²) in [6.45, 7) is 20.7. The van der Waals surface area contributed by atoms with Crippen LogP contribution in [0.5, 0.6) is 17.2 Å². The maximum absolute atomic E-state index is 10.5. The number of phenolic OH excluding ortho intramolecular Hbond substituents is 3. The van der Waals surface area contributed by atoms with Gasteiger partial charge in [0.15, 0.2) is 23.3 Å². The Morgan fingerprint density at radius 2 is 1.09 bits per heavy atom. The number of phenols is 3. The molecule has 24 heteroatoms. The molecule has 0 aliphatic carbocycles. The molecule has 0 radical (unpaired) electrons. The van der Waals surface area contributed by atoms with Gasteiger partial charge in [0.2, 0.25) is 5.95 Å². The smallest absolute Gasteiger partial charge is 0.245 e. The van der Waals surface area contributed by atoms with E-state index in [0.717, 1.165) is 91.3 Å². The number of rotatable bonds is 13. The molecule has 6 aromatic heterocycles. The van der Waals surface area contributed by atoms with Gasteiger partial charge in [-0.2, -0.15) is 5.10 Å². The van der Waals surface area contributed by atoms with E-state index in [9.17, 15) is 15.3 Å². The standard InChI is InChI=1S/2C23H29N7O.C18H21N7O/c1-22(2)11-16(12-23(3,4)29-22)30(5)20-14-26-21(28-27-20)17-7-6-15(10-19(17)31)18-13-24-8-9-25-18;1-22(2)11-16(12-23(3,4)29-22)30(5)20-13-25-21(28-27-20)17-7-6-15(10-19(17)31)18-8-9-24-14-26-18;1-19-7-12-4-5-25(11-12)18-20-10-16(23-24-18)15-3-2-13(6-17(15)26)14-8-21-22-9-14/h2*6-10,13-14,16,29,31H,11-12H2,1-5H3;2-3,6,8-10,12,19,26H,4-5,7,11H2,1H3,(H,21,22). The topological polar surface area (TPSA) is 303 Å². The number of piperidine rings is 2. The molecule has 3 aliphatic rings. The molecule has 3 aliphatic heterocycles. The van der Waals surface area contributed by atoms with Gasteiger partial charge in [0, 0.05) is 108 Å². The van der Waals surface area contributed by atoms with E-state index in [4.69, 9.17) is 0 Å². The Balaban J connectivity index is 0.000000146. The lowest BCUT2D eigenvalue weighted by Gasteiger charge is -2.49. The molecule has 0 saturated carbocycles. The summed E-state index contributed by atoms with van der Waals surface area (Å²) in [4.78, 5) is 36.3. The zero-order valence-electron chi connectivity index (χ0n) is 51.9. The molecule has 88 heavy (non-hydrogen) atoms. The quantitative estimate of drug-likeness (QED) is 0.0568. The van der Waals surface area contributed by atoms with E-state index in [-0.39, 0.29) is 39.4 Å². The predicted octanol–water partition coefficient (Wildman–Crippen LogP) is 8.57. The monoisotopic (exact) mass is 1190 g/mol. The largest absolute Gasteiger partial charge is 0.507 e. The van der Waals surface area contributed by atoms with Crippen molar-refractivity contribution in [2.24, 2.45) is 5.92 Å². The molecule has 1 unspecified atom stereocenters. The van der Waals surface area contributed by atoms with Crippen LogP contribution in [0.3, 0.4) is 0 Å². The molecular weight excluding hydrogens is 1110 g/mol. The highest BCUT2D eigenvalue weighted by Crippen LogP contribution is 2.37. The van der Waals surface area contributed by atoms with E-state index in [1.54, 1.807) is 92.2 Å². The van der Waals surface area contributed by atoms with Crippen molar-refractivity contribution >= 4 is 17.6 Å². The number of nitrogens with zero attached hydrogens (tertiary/aromatic N) is 17. The molecule has 3 saturated heterocycles. The number of nitrogens with one attached hydrogen (secondary N) is 4. The average Bonchev–Trinajstić information content (AvgIpc) is 2.81. The minimum absolute atomic E-state index is 0.0398. The van der Waals surface area contributed by atoms with Gasteiger partial charge >= 0.3 is 0 Å². The van der Waals surface area contributed by atoms with Gasteiger partial charge in [0.1, 0.15) is 29.3 Å². The van der Waals surface area contributed by atoms with Crippen molar-refractivity contribution in [1.82, 2.24) is 91.6 Å². The molecule has 12 rings (SSSR count). The highest BCUT2D eigenvalue weighted by atomic mass is 16.3. The Morgan fingerprint density at radius 3 is 1.56 bits per heavy atom. The Bertz CT molecular complexity index is 3540. The van der Waals surface area contributed by atoms with Crippen LogP contribution in [-0.2, 0) is 0 Å². The third-order valence-corrected chi connectivity index (χ3v) is 16.2. The Labute approximate surface area is 513 Å². The minimum atomic E-state index is 0.0398. The first-order valence-electron chi connectivity index (χ1n) is 29.6. The first-order chi connectivity index (χ1) is 42.0. The normalized spacial score (nSPS) is 17.7. The number of aromatic nitrogens is 15. The van der Waals surface area contributed by atoms with Crippen LogP contribution >= 0.6 is 0 Å². The van der Waals surface area contributed by atoms with Gasteiger partial charge < -0.3 is 46.0 Å². The van der Waals surface area contributed by atoms with Gasteiger partial charge in [0.05, 0.1) is 53.5 Å². The van der Waals surface area contributed by atoms with Gasteiger partial charge in [-0.3, -0.25) is 15.1 Å². The molecule has 0 bridgehead atoms. The fraction of sp³-hybridized carbons (Fsp3) is 0.406. The summed E-state index contributed by atoms with van der Waals surface area (Å²) < 4.78 is 0. The van der Waals surface area contributed by atoms with Crippen molar-refractivity contribution < 1.29 is 15.3 Å². The van der Waals surface area contributed by atoms with E-state index in [2.05, 4.69) is 162 Å². The molecule has 7 N–H and O–H groups in total. The second kappa shape index (κ2) is 26.0. The maximum atomic E-state index is 10.5. The molecule has 9 heterocycles. The van der Waals surface area contributed by atoms with E-state index < -0.39 is 0 Å². The van der Waals surface area contributed by atoms with Crippen molar-refractivity contribution in [1.29, 1.82) is 0 Å². The number of benzene rings is 3. The summed E-state index contributed by atoms with van der Waals surface area (Å²) in [6.07, 6.45) is 21.8. The summed E-state index contributed by atoms with van der Waals surface area (Å²) in [6, 6.07) is 18.5. The third-order valence-electron chi connectivity index (χ3n) is 16.2. The highest BCUT2D eigenvalue weighted by Gasteiger charge is 2.41. The fourth-order valence-electron chi connectivity index (χ4n) is 12.6. The van der Waals surface area contributed by atoms with Gasteiger partial charge in [-0.05, 0) is 155 Å². The van der Waals surface area contributed by atoms with Crippen molar-refractivity contribution in [3.05, 3.63) is 123 Å². The molecular formula is C64H79N21O3. The Morgan fingerprint density at radius 1 is 0.534 bits per heavy atom. The van der Waals surface area contributed by atoms with Crippen molar-refractivity contribution in [3.8, 4) is 84.9 Å². The van der Waals surface area contributed by atoms with Gasteiger partial charge in [0.25, 0.3) is 0 Å². The van der Waals surface area contributed by atoms with Crippen molar-refractivity contribution in [3.63, 3.8) is 0 Å². The molecule has 458 valence electrons. The first-order valence-corrected chi connectivity index (χ1v) is 29.6. The summed E-state index contributed by atoms with van der Waals surface area (Å²) >= 11 is 0. The van der Waals surface area contributed by atoms with E-state index in [1.807, 2.05) is 45.4 Å². The fourth-order valence-corrected chi connectivity index (χ4v) is 12.6. The van der Waals surface area contributed by atoms with E-state index >= 15 is 0 Å². The summed E-state index contributed by atoms with van der Waals surface area (Å²) in [5.74, 6) is 3.76. The van der Waals surface area contributed by atoms with Crippen LogP contribution in [0.25, 0.3) is 67.7 Å². The average molecular weight is 1190 g/mol. The lowest BCUT2D eigenvalue weighted by Crippen LogP contribution is -2.62. The second-order valence-corrected chi connectivity index (χ2v) is 25.6. The predicted molar refractivity (Wildman–Crippen MR) is 340 cm³/mol. The molecule has 3 fully saturated rings. The van der Waals surface area contributed by atoms with Crippen LogP contribution in [0.1, 0.15) is 87.5 Å². The third kappa shape index (κ3) is 15.1. The second-order valence-electron chi connectivity index (χ2n) is 25.6. The number of anilines is 3. The van der Waals surface area contributed by atoms with Crippen LogP contribution < -0.4 is 30.7 Å². The molecule has 24 nitrogen and oxygen atoms in total. The van der Waals surface area contributed by atoms with Crippen LogP contribution in [0.2, 0.25) is 0 Å². The molecule has 9 aromatic rings. The van der Waals surface area contributed by atoms with Gasteiger partial charge in [-0.25, -0.2) is 24.9 Å². The van der Waals surface area contributed by atoms with Gasteiger partial charge in [-0.15, -0.1) is 30.6 Å². The highest BCUT2D eigenvalue weighted by molar-refractivity contribution is 5.74. The Hall–Kier alpha value is -9.26. The summed E-state index contributed by atoms with van der Waals surface area (Å²) in [5, 5.41) is 74.7. The van der Waals surface area contributed by atoms with Crippen LogP contribution in [0.15, 0.2) is 123 Å². The lowest BCUT2D eigenvalue weighted by molar-refractivity contribution is 0.160. The van der Waals surface area contributed by atoms with E-state index in [1.165, 1.54) is 6.33 Å². The lowest BCUT2D eigenvalue weighted by atomic mass is 9.79. The molecule has 0 spiro atoms. The molecule has 1 atom stereocenters. The van der Waals surface area contributed by atoms with Crippen LogP contribution in [0.4, 0.5) is 17.6 Å². The van der Waals surface area contributed by atoms with E-state index in [0.29, 0.717) is 63.7 Å². The number of aromatic amines is 1. The zero-order chi connectivity index (χ0) is 62.4. The van der Waals surface area contributed by atoms with Gasteiger partial charge in [-0.1, -0.05) is 18.2 Å². The Kier molecular flexibility index (Phi) is 18.3. The first kappa shape index (κ1) is 61.8. The summed E-state index contributed by atoms with van der Waals surface area (Å²) in [7, 11) is 6.06. The van der Waals surface area contributed by atoms with Crippen molar-refractivity contribution in [2.45, 2.75) is 122 Å². The van der Waals surface area contributed by atoms with Crippen LogP contribution in [0, 0.1) is 5.92 Å². The maximum Gasteiger partial charge on any atom is 0.245 e. The molecule has 3 aromatic carbocycles. The minimum Gasteiger partial charge on any atom is -0.507 e. The number of hydrogen-bond acceptors (Lipinski definition) is 23. The summed E-state index contributed by atoms with van der Waals surface area (Å²) in [5.41, 5.74) is 7.17. The molecule has 0 amide bonds. The SMILES string of the molecule is CN(c1cnc(-c2ccc(-c3ccncn3)cc2O)nn1)C1CC(C)(C)NC(C)(C)C1.CN(c1cnc(-c2ccc(-c3cnccn3)cc2O)nn1)C1CC(C)(C)NC(C)(C)C1.CNCC1CCN(c2ncc(-c3ccc(-c4cn[nH]c4)cc3O)nn2)C1.